The number of para-hydroxylation sites is 1. The molecule has 2 rings (SSSR count). The second-order valence-corrected chi connectivity index (χ2v) is 4.06. The molecule has 0 spiro atoms. The van der Waals surface area contributed by atoms with E-state index < -0.39 is 6.61 Å². The van der Waals surface area contributed by atoms with Gasteiger partial charge in [0.1, 0.15) is 5.75 Å². The van der Waals surface area contributed by atoms with Crippen LogP contribution in [0.4, 0.5) is 8.78 Å². The van der Waals surface area contributed by atoms with Crippen LogP contribution >= 0.6 is 0 Å². The Balaban J connectivity index is 1.94. The van der Waals surface area contributed by atoms with Crippen LogP contribution in [-0.4, -0.2) is 25.7 Å². The Morgan fingerprint density at radius 3 is 2.94 bits per heavy atom. The first-order chi connectivity index (χ1) is 8.25. The fourth-order valence-electron chi connectivity index (χ4n) is 1.94. The average Bonchev–Trinajstić information content (AvgIpc) is 2.80. The molecule has 3 nitrogen and oxygen atoms in total. The van der Waals surface area contributed by atoms with Gasteiger partial charge in [0.05, 0.1) is 0 Å². The standard InChI is InChI=1S/C12H16F2N2O/c13-12(14)17-11-4-2-1-3-9(11)7-16-10-5-6-15-8-10/h1-4,10,12,15-16H,5-8H2. The topological polar surface area (TPSA) is 33.3 Å². The van der Waals surface area contributed by atoms with Crippen LogP contribution in [0.5, 0.6) is 5.75 Å². The molecule has 1 atom stereocenters. The summed E-state index contributed by atoms with van der Waals surface area (Å²) >= 11 is 0. The summed E-state index contributed by atoms with van der Waals surface area (Å²) in [4.78, 5) is 0. The van der Waals surface area contributed by atoms with Gasteiger partial charge in [0.25, 0.3) is 0 Å². The molecule has 17 heavy (non-hydrogen) atoms. The zero-order valence-corrected chi connectivity index (χ0v) is 9.46. The minimum Gasteiger partial charge on any atom is -0.434 e. The van der Waals surface area contributed by atoms with Crippen LogP contribution < -0.4 is 15.4 Å². The van der Waals surface area contributed by atoms with Gasteiger partial charge in [0, 0.05) is 24.7 Å². The van der Waals surface area contributed by atoms with E-state index in [9.17, 15) is 8.78 Å². The lowest BCUT2D eigenvalue weighted by Gasteiger charge is -2.14. The van der Waals surface area contributed by atoms with Gasteiger partial charge in [-0.3, -0.25) is 0 Å². The molecule has 0 bridgehead atoms. The van der Waals surface area contributed by atoms with Crippen LogP contribution in [0.2, 0.25) is 0 Å². The Bertz CT molecular complexity index is 354. The molecule has 1 aliphatic rings. The van der Waals surface area contributed by atoms with Crippen molar-refractivity contribution < 1.29 is 13.5 Å². The van der Waals surface area contributed by atoms with Gasteiger partial charge in [0.15, 0.2) is 0 Å². The highest BCUT2D eigenvalue weighted by Crippen LogP contribution is 2.20. The minimum atomic E-state index is -2.77. The Morgan fingerprint density at radius 2 is 2.24 bits per heavy atom. The van der Waals surface area contributed by atoms with E-state index >= 15 is 0 Å². The first-order valence-electron chi connectivity index (χ1n) is 5.72. The fourth-order valence-corrected chi connectivity index (χ4v) is 1.94. The number of hydrogen-bond donors (Lipinski definition) is 2. The lowest BCUT2D eigenvalue weighted by Crippen LogP contribution is -2.30. The zero-order chi connectivity index (χ0) is 12.1. The number of nitrogens with one attached hydrogen (secondary N) is 2. The molecule has 1 saturated heterocycles. The first kappa shape index (κ1) is 12.3. The Morgan fingerprint density at radius 1 is 1.41 bits per heavy atom. The number of rotatable bonds is 5. The van der Waals surface area contributed by atoms with Crippen LogP contribution in [0, 0.1) is 0 Å². The predicted octanol–water partition coefficient (Wildman–Crippen LogP) is 1.74. The molecular weight excluding hydrogens is 226 g/mol. The smallest absolute Gasteiger partial charge is 0.387 e. The third-order valence-electron chi connectivity index (χ3n) is 2.83. The van der Waals surface area contributed by atoms with Crippen LogP contribution in [0.15, 0.2) is 24.3 Å². The minimum absolute atomic E-state index is 0.251. The molecule has 0 radical (unpaired) electrons. The van der Waals surface area contributed by atoms with Crippen molar-refractivity contribution in [3.63, 3.8) is 0 Å². The lowest BCUT2D eigenvalue weighted by atomic mass is 10.2. The average molecular weight is 242 g/mol. The predicted molar refractivity (Wildman–Crippen MR) is 61.2 cm³/mol. The highest BCUT2D eigenvalue weighted by atomic mass is 19.3. The molecule has 0 amide bonds. The maximum Gasteiger partial charge on any atom is 0.387 e. The van der Waals surface area contributed by atoms with Crippen LogP contribution in [0.1, 0.15) is 12.0 Å². The van der Waals surface area contributed by atoms with Crippen molar-refractivity contribution in [3.05, 3.63) is 29.8 Å². The summed E-state index contributed by atoms with van der Waals surface area (Å²) in [5, 5.41) is 6.57. The molecule has 94 valence electrons. The molecule has 1 unspecified atom stereocenters. The number of alkyl halides is 2. The van der Waals surface area contributed by atoms with E-state index in [-0.39, 0.29) is 5.75 Å². The Labute approximate surface area is 99.2 Å². The number of benzene rings is 1. The summed E-state index contributed by atoms with van der Waals surface area (Å²) in [5.74, 6) is 0.251. The maximum atomic E-state index is 12.2. The lowest BCUT2D eigenvalue weighted by molar-refractivity contribution is -0.0505. The third kappa shape index (κ3) is 3.64. The van der Waals surface area contributed by atoms with Crippen molar-refractivity contribution in [2.24, 2.45) is 0 Å². The van der Waals surface area contributed by atoms with Crippen molar-refractivity contribution in [2.45, 2.75) is 25.6 Å². The molecule has 5 heteroatoms. The quantitative estimate of drug-likeness (QED) is 0.825. The van der Waals surface area contributed by atoms with Gasteiger partial charge in [-0.15, -0.1) is 0 Å². The van der Waals surface area contributed by atoms with E-state index in [0.29, 0.717) is 12.6 Å². The summed E-state index contributed by atoms with van der Waals surface area (Å²) in [6.45, 7) is -0.288. The van der Waals surface area contributed by atoms with Gasteiger partial charge in [-0.25, -0.2) is 0 Å². The van der Waals surface area contributed by atoms with Crippen molar-refractivity contribution >= 4 is 0 Å². The van der Waals surface area contributed by atoms with E-state index in [1.807, 2.05) is 6.07 Å². The second kappa shape index (κ2) is 5.93. The normalized spacial score (nSPS) is 19.8. The summed E-state index contributed by atoms with van der Waals surface area (Å²) in [5.41, 5.74) is 0.764. The van der Waals surface area contributed by atoms with E-state index in [0.717, 1.165) is 25.1 Å². The van der Waals surface area contributed by atoms with Gasteiger partial charge in [-0.1, -0.05) is 18.2 Å². The van der Waals surface area contributed by atoms with Crippen molar-refractivity contribution in [3.8, 4) is 5.75 Å². The second-order valence-electron chi connectivity index (χ2n) is 4.06. The molecule has 0 aromatic heterocycles. The number of ether oxygens (including phenoxy) is 1. The van der Waals surface area contributed by atoms with E-state index in [1.165, 1.54) is 0 Å². The van der Waals surface area contributed by atoms with E-state index in [2.05, 4.69) is 15.4 Å². The molecule has 1 heterocycles. The molecule has 1 aliphatic heterocycles. The monoisotopic (exact) mass is 242 g/mol. The Hall–Kier alpha value is -1.20. The van der Waals surface area contributed by atoms with Crippen LogP contribution in [0.3, 0.4) is 0 Å². The van der Waals surface area contributed by atoms with Gasteiger partial charge in [-0.2, -0.15) is 8.78 Å². The maximum absolute atomic E-state index is 12.2. The van der Waals surface area contributed by atoms with Crippen LogP contribution in [0.25, 0.3) is 0 Å². The highest BCUT2D eigenvalue weighted by Gasteiger charge is 2.15. The summed E-state index contributed by atoms with van der Waals surface area (Å²) in [6.07, 6.45) is 1.07. The van der Waals surface area contributed by atoms with Gasteiger partial charge in [0.2, 0.25) is 0 Å². The van der Waals surface area contributed by atoms with Crippen molar-refractivity contribution in [1.82, 2.24) is 10.6 Å². The number of halogens is 2. The molecule has 0 saturated carbocycles. The fraction of sp³-hybridized carbons (Fsp3) is 0.500. The van der Waals surface area contributed by atoms with Gasteiger partial charge in [-0.05, 0) is 19.0 Å². The molecule has 1 fully saturated rings. The molecule has 1 aromatic carbocycles. The van der Waals surface area contributed by atoms with E-state index in [4.69, 9.17) is 0 Å². The molecular formula is C12H16F2N2O. The summed E-state index contributed by atoms with van der Waals surface area (Å²) < 4.78 is 28.8. The summed E-state index contributed by atoms with van der Waals surface area (Å²) in [6, 6.07) is 7.29. The van der Waals surface area contributed by atoms with E-state index in [1.54, 1.807) is 18.2 Å². The SMILES string of the molecule is FC(F)Oc1ccccc1CNC1CCNC1. The highest BCUT2D eigenvalue weighted by molar-refractivity contribution is 5.33. The molecule has 0 aliphatic carbocycles. The zero-order valence-electron chi connectivity index (χ0n) is 9.46. The molecule has 2 N–H and O–H groups in total. The van der Waals surface area contributed by atoms with Crippen LogP contribution in [-0.2, 0) is 6.54 Å². The first-order valence-corrected chi connectivity index (χ1v) is 5.72. The molecule has 1 aromatic rings. The van der Waals surface area contributed by atoms with Crippen molar-refractivity contribution in [1.29, 1.82) is 0 Å². The van der Waals surface area contributed by atoms with Gasteiger partial charge < -0.3 is 15.4 Å². The van der Waals surface area contributed by atoms with Crippen molar-refractivity contribution in [2.75, 3.05) is 13.1 Å². The Kier molecular flexibility index (Phi) is 4.28. The van der Waals surface area contributed by atoms with Gasteiger partial charge >= 0.3 is 6.61 Å². The summed E-state index contributed by atoms with van der Waals surface area (Å²) in [7, 11) is 0. The largest absolute Gasteiger partial charge is 0.434 e. The third-order valence-corrected chi connectivity index (χ3v) is 2.83. The number of hydrogen-bond acceptors (Lipinski definition) is 3.